The highest BCUT2D eigenvalue weighted by Gasteiger charge is 2.02. The SMILES string of the molecule is C/C=C(/N)Sc1cc(CC=O)ccc1C. The molecule has 80 valence electrons. The van der Waals surface area contributed by atoms with Gasteiger partial charge in [-0.15, -0.1) is 0 Å². The molecule has 0 aliphatic carbocycles. The summed E-state index contributed by atoms with van der Waals surface area (Å²) in [6.45, 7) is 3.95. The Bertz CT molecular complexity index is 385. The molecule has 0 unspecified atom stereocenters. The molecule has 0 saturated carbocycles. The number of thioether (sulfide) groups is 1. The summed E-state index contributed by atoms with van der Waals surface area (Å²) in [6.07, 6.45) is 3.25. The van der Waals surface area contributed by atoms with Gasteiger partial charge in [-0.3, -0.25) is 0 Å². The number of hydrogen-bond acceptors (Lipinski definition) is 3. The fourth-order valence-electron chi connectivity index (χ4n) is 1.16. The number of benzene rings is 1. The van der Waals surface area contributed by atoms with E-state index >= 15 is 0 Å². The van der Waals surface area contributed by atoms with Crippen LogP contribution in [0, 0.1) is 6.92 Å². The smallest absolute Gasteiger partial charge is 0.124 e. The highest BCUT2D eigenvalue weighted by Crippen LogP contribution is 2.27. The highest BCUT2D eigenvalue weighted by molar-refractivity contribution is 8.03. The van der Waals surface area contributed by atoms with Crippen molar-refractivity contribution < 1.29 is 4.79 Å². The lowest BCUT2D eigenvalue weighted by atomic mass is 10.1. The zero-order valence-corrected chi connectivity index (χ0v) is 9.80. The molecule has 3 heteroatoms. The van der Waals surface area contributed by atoms with Crippen molar-refractivity contribution in [1.82, 2.24) is 0 Å². The van der Waals surface area contributed by atoms with Gasteiger partial charge >= 0.3 is 0 Å². The maximum Gasteiger partial charge on any atom is 0.124 e. The average molecular weight is 221 g/mol. The van der Waals surface area contributed by atoms with Gasteiger partial charge in [-0.05, 0) is 31.0 Å². The minimum Gasteiger partial charge on any atom is -0.394 e. The van der Waals surface area contributed by atoms with Crippen LogP contribution in [0.1, 0.15) is 18.1 Å². The molecule has 0 radical (unpaired) electrons. The van der Waals surface area contributed by atoms with Crippen molar-refractivity contribution in [3.05, 3.63) is 40.4 Å². The number of hydrogen-bond donors (Lipinski definition) is 1. The molecule has 0 fully saturated rings. The van der Waals surface area contributed by atoms with Crippen LogP contribution in [-0.2, 0) is 11.2 Å². The van der Waals surface area contributed by atoms with Gasteiger partial charge in [-0.1, -0.05) is 30.0 Å². The van der Waals surface area contributed by atoms with Crippen molar-refractivity contribution in [2.24, 2.45) is 5.73 Å². The molecule has 2 N–H and O–H groups in total. The third kappa shape index (κ3) is 3.44. The Morgan fingerprint density at radius 1 is 1.53 bits per heavy atom. The first kappa shape index (κ1) is 11.9. The molecule has 0 atom stereocenters. The number of carbonyl (C=O) groups is 1. The van der Waals surface area contributed by atoms with E-state index in [9.17, 15) is 4.79 Å². The van der Waals surface area contributed by atoms with Gasteiger partial charge in [-0.25, -0.2) is 0 Å². The third-order valence-corrected chi connectivity index (χ3v) is 3.22. The molecule has 0 bridgehead atoms. The topological polar surface area (TPSA) is 43.1 Å². The fourth-order valence-corrected chi connectivity index (χ4v) is 1.97. The summed E-state index contributed by atoms with van der Waals surface area (Å²) in [4.78, 5) is 11.5. The average Bonchev–Trinajstić information content (AvgIpc) is 2.23. The van der Waals surface area contributed by atoms with Crippen molar-refractivity contribution in [3.8, 4) is 0 Å². The molecule has 0 spiro atoms. The fraction of sp³-hybridized carbons (Fsp3) is 0.250. The van der Waals surface area contributed by atoms with E-state index in [0.717, 1.165) is 21.8 Å². The zero-order valence-electron chi connectivity index (χ0n) is 8.99. The first-order valence-electron chi connectivity index (χ1n) is 4.80. The summed E-state index contributed by atoms with van der Waals surface area (Å²) in [5.41, 5.74) is 7.96. The summed E-state index contributed by atoms with van der Waals surface area (Å²) >= 11 is 1.53. The van der Waals surface area contributed by atoms with E-state index in [-0.39, 0.29) is 0 Å². The molecule has 1 aromatic carbocycles. The first-order chi connectivity index (χ1) is 7.17. The summed E-state index contributed by atoms with van der Waals surface area (Å²) in [5.74, 6) is 0. The Labute approximate surface area is 94.6 Å². The number of carbonyl (C=O) groups excluding carboxylic acids is 1. The Hall–Kier alpha value is -1.22. The van der Waals surface area contributed by atoms with Gasteiger partial charge in [0.1, 0.15) is 6.29 Å². The van der Waals surface area contributed by atoms with Crippen LogP contribution >= 0.6 is 11.8 Å². The maximum atomic E-state index is 10.4. The normalized spacial score (nSPS) is 11.5. The quantitative estimate of drug-likeness (QED) is 0.628. The molecule has 1 aromatic rings. The highest BCUT2D eigenvalue weighted by atomic mass is 32.2. The van der Waals surface area contributed by atoms with E-state index in [4.69, 9.17) is 5.73 Å². The lowest BCUT2D eigenvalue weighted by Crippen LogP contribution is -1.93. The lowest BCUT2D eigenvalue weighted by Gasteiger charge is -2.07. The number of aryl methyl sites for hydroxylation is 1. The van der Waals surface area contributed by atoms with Crippen LogP contribution in [0.25, 0.3) is 0 Å². The number of aldehydes is 1. The van der Waals surface area contributed by atoms with Crippen molar-refractivity contribution in [2.45, 2.75) is 25.2 Å². The van der Waals surface area contributed by atoms with Crippen LogP contribution in [0.3, 0.4) is 0 Å². The first-order valence-corrected chi connectivity index (χ1v) is 5.61. The lowest BCUT2D eigenvalue weighted by molar-refractivity contribution is -0.107. The largest absolute Gasteiger partial charge is 0.394 e. The van der Waals surface area contributed by atoms with Gasteiger partial charge in [0.15, 0.2) is 0 Å². The summed E-state index contributed by atoms with van der Waals surface area (Å²) in [6, 6.07) is 6.01. The Kier molecular flexibility index (Phi) is 4.43. The second kappa shape index (κ2) is 5.61. The molecule has 0 heterocycles. The van der Waals surface area contributed by atoms with Gasteiger partial charge in [-0.2, -0.15) is 0 Å². The van der Waals surface area contributed by atoms with Gasteiger partial charge in [0, 0.05) is 11.3 Å². The molecule has 0 saturated heterocycles. The van der Waals surface area contributed by atoms with Crippen LogP contribution in [0.5, 0.6) is 0 Å². The summed E-state index contributed by atoms with van der Waals surface area (Å²) in [7, 11) is 0. The maximum absolute atomic E-state index is 10.4. The van der Waals surface area contributed by atoms with E-state index in [1.54, 1.807) is 0 Å². The molecule has 15 heavy (non-hydrogen) atoms. The Balaban J connectivity index is 2.94. The molecular formula is C12H15NOS. The van der Waals surface area contributed by atoms with E-state index in [0.29, 0.717) is 6.42 Å². The summed E-state index contributed by atoms with van der Waals surface area (Å²) < 4.78 is 0. The minimum atomic E-state index is 0.462. The molecular weight excluding hydrogens is 206 g/mol. The standard InChI is InChI=1S/C12H15NOS/c1-3-12(13)15-11-8-10(6-7-14)5-4-9(11)2/h3-5,7-8H,6,13H2,1-2H3/b12-3-. The van der Waals surface area contributed by atoms with Gasteiger partial charge in [0.25, 0.3) is 0 Å². The predicted molar refractivity (Wildman–Crippen MR) is 64.7 cm³/mol. The van der Waals surface area contributed by atoms with Crippen molar-refractivity contribution in [1.29, 1.82) is 0 Å². The summed E-state index contributed by atoms with van der Waals surface area (Å²) in [5, 5.41) is 0.779. The van der Waals surface area contributed by atoms with Crippen LogP contribution in [0.2, 0.25) is 0 Å². The van der Waals surface area contributed by atoms with Gasteiger partial charge in [0.2, 0.25) is 0 Å². The van der Waals surface area contributed by atoms with Crippen molar-refractivity contribution in [3.63, 3.8) is 0 Å². The molecule has 2 nitrogen and oxygen atoms in total. The minimum absolute atomic E-state index is 0.462. The van der Waals surface area contributed by atoms with Crippen molar-refractivity contribution >= 4 is 18.0 Å². The van der Waals surface area contributed by atoms with E-state index in [1.807, 2.05) is 38.1 Å². The van der Waals surface area contributed by atoms with E-state index in [1.165, 1.54) is 17.3 Å². The Morgan fingerprint density at radius 2 is 2.27 bits per heavy atom. The zero-order chi connectivity index (χ0) is 11.3. The van der Waals surface area contributed by atoms with Gasteiger partial charge in [0.05, 0.1) is 5.03 Å². The number of rotatable bonds is 4. The Morgan fingerprint density at radius 3 is 2.87 bits per heavy atom. The molecule has 1 rings (SSSR count). The van der Waals surface area contributed by atoms with Crippen molar-refractivity contribution in [2.75, 3.05) is 0 Å². The van der Waals surface area contributed by atoms with Crippen LogP contribution in [0.15, 0.2) is 34.2 Å². The van der Waals surface area contributed by atoms with Gasteiger partial charge < -0.3 is 10.5 Å². The molecule has 0 amide bonds. The van der Waals surface area contributed by atoms with Crippen LogP contribution in [0.4, 0.5) is 0 Å². The third-order valence-electron chi connectivity index (χ3n) is 2.08. The molecule has 0 aliphatic heterocycles. The second-order valence-electron chi connectivity index (χ2n) is 3.26. The van der Waals surface area contributed by atoms with E-state index in [2.05, 4.69) is 0 Å². The van der Waals surface area contributed by atoms with E-state index < -0.39 is 0 Å². The second-order valence-corrected chi connectivity index (χ2v) is 4.38. The number of allylic oxidation sites excluding steroid dienone is 1. The molecule has 0 aromatic heterocycles. The predicted octanol–water partition coefficient (Wildman–Crippen LogP) is 2.65. The number of nitrogens with two attached hydrogens (primary N) is 1. The molecule has 0 aliphatic rings. The monoisotopic (exact) mass is 221 g/mol. The van der Waals surface area contributed by atoms with Crippen LogP contribution < -0.4 is 5.73 Å². The van der Waals surface area contributed by atoms with Crippen LogP contribution in [-0.4, -0.2) is 6.29 Å².